The highest BCUT2D eigenvalue weighted by molar-refractivity contribution is 5.80. The van der Waals surface area contributed by atoms with Crippen LogP contribution < -0.4 is 5.32 Å². The van der Waals surface area contributed by atoms with E-state index in [1.807, 2.05) is 6.92 Å². The molecule has 0 aliphatic carbocycles. The zero-order valence-electron chi connectivity index (χ0n) is 14.0. The van der Waals surface area contributed by atoms with Gasteiger partial charge in [0.2, 0.25) is 0 Å². The van der Waals surface area contributed by atoms with Gasteiger partial charge in [-0.3, -0.25) is 9.69 Å². The zero-order chi connectivity index (χ0) is 15.6. The molecule has 0 saturated heterocycles. The van der Waals surface area contributed by atoms with Crippen molar-refractivity contribution in [2.24, 2.45) is 0 Å². The normalized spacial score (nSPS) is 14.6. The van der Waals surface area contributed by atoms with Gasteiger partial charge in [-0.1, -0.05) is 13.8 Å². The molecule has 0 spiro atoms. The molecule has 1 unspecified atom stereocenters. The van der Waals surface area contributed by atoms with E-state index in [1.54, 1.807) is 14.2 Å². The van der Waals surface area contributed by atoms with Crippen LogP contribution in [0.2, 0.25) is 0 Å². The van der Waals surface area contributed by atoms with E-state index in [9.17, 15) is 4.79 Å². The van der Waals surface area contributed by atoms with Gasteiger partial charge in [0.25, 0.3) is 0 Å². The number of carbonyl (C=O) groups is 1. The molecule has 0 aromatic carbocycles. The number of rotatable bonds is 11. The highest BCUT2D eigenvalue weighted by Crippen LogP contribution is 2.16. The molecule has 0 aliphatic heterocycles. The van der Waals surface area contributed by atoms with E-state index in [4.69, 9.17) is 9.47 Å². The zero-order valence-corrected chi connectivity index (χ0v) is 14.0. The van der Waals surface area contributed by atoms with Gasteiger partial charge in [0.05, 0.1) is 13.7 Å². The van der Waals surface area contributed by atoms with Crippen molar-refractivity contribution in [2.45, 2.75) is 51.6 Å². The van der Waals surface area contributed by atoms with Crippen molar-refractivity contribution in [3.05, 3.63) is 0 Å². The summed E-state index contributed by atoms with van der Waals surface area (Å²) in [6.45, 7) is 8.74. The first-order valence-electron chi connectivity index (χ1n) is 7.49. The van der Waals surface area contributed by atoms with Gasteiger partial charge in [-0.2, -0.15) is 0 Å². The van der Waals surface area contributed by atoms with Crippen LogP contribution in [0.15, 0.2) is 0 Å². The third kappa shape index (κ3) is 5.77. The Hall–Kier alpha value is -0.650. The first-order chi connectivity index (χ1) is 9.48. The number of hydrogen-bond acceptors (Lipinski definition) is 5. The van der Waals surface area contributed by atoms with E-state index in [2.05, 4.69) is 24.1 Å². The lowest BCUT2D eigenvalue weighted by atomic mass is 9.97. The second kappa shape index (κ2) is 10.1. The number of nitrogens with zero attached hydrogens (tertiary/aromatic N) is 1. The number of esters is 1. The van der Waals surface area contributed by atoms with Crippen LogP contribution in [0.25, 0.3) is 0 Å². The molecule has 0 aromatic heterocycles. The molecule has 1 atom stereocenters. The molecule has 120 valence electrons. The monoisotopic (exact) mass is 288 g/mol. The van der Waals surface area contributed by atoms with E-state index >= 15 is 0 Å². The summed E-state index contributed by atoms with van der Waals surface area (Å²) in [4.78, 5) is 14.3. The van der Waals surface area contributed by atoms with Crippen molar-refractivity contribution in [3.8, 4) is 0 Å². The third-order valence-electron chi connectivity index (χ3n) is 4.13. The number of ether oxygens (including phenoxy) is 2. The van der Waals surface area contributed by atoms with Crippen molar-refractivity contribution in [1.82, 2.24) is 10.2 Å². The lowest BCUT2D eigenvalue weighted by Crippen LogP contribution is -2.51. The average molecular weight is 288 g/mol. The molecule has 0 aromatic rings. The molecular weight excluding hydrogens is 256 g/mol. The minimum atomic E-state index is -0.633. The van der Waals surface area contributed by atoms with Crippen molar-refractivity contribution in [1.29, 1.82) is 0 Å². The van der Waals surface area contributed by atoms with Crippen LogP contribution in [0.3, 0.4) is 0 Å². The number of likely N-dealkylation sites (N-methyl/N-ethyl adjacent to an activating group) is 1. The molecule has 5 nitrogen and oxygen atoms in total. The van der Waals surface area contributed by atoms with Crippen molar-refractivity contribution in [2.75, 3.05) is 41.0 Å². The first-order valence-corrected chi connectivity index (χ1v) is 7.49. The van der Waals surface area contributed by atoms with Gasteiger partial charge in [-0.25, -0.2) is 0 Å². The molecule has 0 saturated carbocycles. The molecule has 0 rings (SSSR count). The Bertz CT molecular complexity index is 270. The Balaban J connectivity index is 4.67. The first kappa shape index (κ1) is 19.4. The number of methoxy groups -OCH3 is 2. The topological polar surface area (TPSA) is 50.8 Å². The second-order valence-electron chi connectivity index (χ2n) is 5.32. The van der Waals surface area contributed by atoms with Crippen molar-refractivity contribution < 1.29 is 14.3 Å². The minimum absolute atomic E-state index is 0.212. The summed E-state index contributed by atoms with van der Waals surface area (Å²) in [7, 11) is 4.95. The maximum absolute atomic E-state index is 11.9. The summed E-state index contributed by atoms with van der Waals surface area (Å²) in [5.74, 6) is -0.212. The lowest BCUT2D eigenvalue weighted by Gasteiger charge is -2.34. The SMILES string of the molecule is CCC(CC)N(CCOC)CCC(C)(NC)C(=O)OC. The largest absolute Gasteiger partial charge is 0.468 e. The fraction of sp³-hybridized carbons (Fsp3) is 0.933. The summed E-state index contributed by atoms with van der Waals surface area (Å²) in [5.41, 5.74) is -0.633. The minimum Gasteiger partial charge on any atom is -0.468 e. The molecule has 0 aliphatic rings. The molecular formula is C15H32N2O3. The van der Waals surface area contributed by atoms with E-state index in [0.717, 1.165) is 32.4 Å². The fourth-order valence-electron chi connectivity index (χ4n) is 2.41. The van der Waals surface area contributed by atoms with Crippen LogP contribution in [0.5, 0.6) is 0 Å². The smallest absolute Gasteiger partial charge is 0.325 e. The van der Waals surface area contributed by atoms with Gasteiger partial charge in [0.1, 0.15) is 5.54 Å². The van der Waals surface area contributed by atoms with Crippen LogP contribution in [0.1, 0.15) is 40.0 Å². The molecule has 5 heteroatoms. The maximum Gasteiger partial charge on any atom is 0.325 e. The predicted molar refractivity (Wildman–Crippen MR) is 81.9 cm³/mol. The lowest BCUT2D eigenvalue weighted by molar-refractivity contribution is -0.148. The predicted octanol–water partition coefficient (Wildman–Crippen LogP) is 1.66. The van der Waals surface area contributed by atoms with E-state index in [0.29, 0.717) is 12.6 Å². The van der Waals surface area contributed by atoms with Crippen LogP contribution in [0, 0.1) is 0 Å². The number of hydrogen-bond donors (Lipinski definition) is 1. The maximum atomic E-state index is 11.9. The molecule has 1 N–H and O–H groups in total. The van der Waals surface area contributed by atoms with Gasteiger partial charge < -0.3 is 14.8 Å². The second-order valence-corrected chi connectivity index (χ2v) is 5.32. The van der Waals surface area contributed by atoms with Crippen LogP contribution >= 0.6 is 0 Å². The molecule has 0 radical (unpaired) electrons. The Morgan fingerprint density at radius 2 is 1.85 bits per heavy atom. The summed E-state index contributed by atoms with van der Waals surface area (Å²) in [6, 6.07) is 0.531. The van der Waals surface area contributed by atoms with Crippen LogP contribution in [-0.2, 0) is 14.3 Å². The Kier molecular flexibility index (Phi) is 9.80. The summed E-state index contributed by atoms with van der Waals surface area (Å²) < 4.78 is 10.1. The molecule has 0 fully saturated rings. The summed E-state index contributed by atoms with van der Waals surface area (Å²) >= 11 is 0. The Labute approximate surface area is 124 Å². The van der Waals surface area contributed by atoms with Gasteiger partial charge >= 0.3 is 5.97 Å². The van der Waals surface area contributed by atoms with E-state index < -0.39 is 5.54 Å². The van der Waals surface area contributed by atoms with Crippen LogP contribution in [0.4, 0.5) is 0 Å². The Morgan fingerprint density at radius 3 is 2.25 bits per heavy atom. The third-order valence-corrected chi connectivity index (χ3v) is 4.13. The Morgan fingerprint density at radius 1 is 1.25 bits per heavy atom. The standard InChI is InChI=1S/C15H32N2O3/c1-7-13(8-2)17(11-12-19-5)10-9-15(3,16-4)14(18)20-6/h13,16H,7-12H2,1-6H3. The van der Waals surface area contributed by atoms with E-state index in [1.165, 1.54) is 7.11 Å². The molecule has 20 heavy (non-hydrogen) atoms. The fourth-order valence-corrected chi connectivity index (χ4v) is 2.41. The van der Waals surface area contributed by atoms with Gasteiger partial charge in [-0.05, 0) is 33.2 Å². The van der Waals surface area contributed by atoms with Gasteiger partial charge in [0.15, 0.2) is 0 Å². The van der Waals surface area contributed by atoms with E-state index in [-0.39, 0.29) is 5.97 Å². The molecule has 0 heterocycles. The highest BCUT2D eigenvalue weighted by atomic mass is 16.5. The summed E-state index contributed by atoms with van der Waals surface area (Å²) in [5, 5.41) is 3.08. The van der Waals surface area contributed by atoms with Crippen molar-refractivity contribution in [3.63, 3.8) is 0 Å². The summed E-state index contributed by atoms with van der Waals surface area (Å²) in [6.07, 6.45) is 2.93. The number of carbonyl (C=O) groups excluding carboxylic acids is 1. The highest BCUT2D eigenvalue weighted by Gasteiger charge is 2.33. The molecule has 0 amide bonds. The van der Waals surface area contributed by atoms with Crippen LogP contribution in [-0.4, -0.2) is 63.4 Å². The average Bonchev–Trinajstić information content (AvgIpc) is 2.48. The van der Waals surface area contributed by atoms with Gasteiger partial charge in [0, 0.05) is 26.2 Å². The van der Waals surface area contributed by atoms with Gasteiger partial charge in [-0.15, -0.1) is 0 Å². The number of nitrogens with one attached hydrogen (secondary N) is 1. The quantitative estimate of drug-likeness (QED) is 0.586. The molecule has 0 bridgehead atoms. The van der Waals surface area contributed by atoms with Crippen molar-refractivity contribution >= 4 is 5.97 Å².